The predicted molar refractivity (Wildman–Crippen MR) is 123 cm³/mol. The van der Waals surface area contributed by atoms with Gasteiger partial charge in [0.05, 0.1) is 24.2 Å². The second-order valence-electron chi connectivity index (χ2n) is 7.66. The fraction of sp³-hybridized carbons (Fsp3) is 0.320. The first-order chi connectivity index (χ1) is 15.5. The van der Waals surface area contributed by atoms with Crippen molar-refractivity contribution in [2.45, 2.75) is 39.7 Å². The molecular formula is C25H27N3O4. The summed E-state index contributed by atoms with van der Waals surface area (Å²) in [5.74, 6) is -1.36. The zero-order valence-corrected chi connectivity index (χ0v) is 18.6. The van der Waals surface area contributed by atoms with Crippen LogP contribution >= 0.6 is 0 Å². The van der Waals surface area contributed by atoms with Crippen LogP contribution in [-0.2, 0) is 25.5 Å². The van der Waals surface area contributed by atoms with Crippen LogP contribution < -0.4 is 4.90 Å². The number of aryl methyl sites for hydroxylation is 1. The standard InChI is InChI=1S/C25H27N3O4/c1-4-31-24(29)20(25(30)32-5-2)15-27-17(3)11-12-19-21(27)13-14-22-23(19)26-16-28(22)18-9-7-6-8-10-18/h6-10,13-17H,4-5,11-12H2,1-3H3. The minimum atomic E-state index is -0.681. The van der Waals surface area contributed by atoms with Crippen LogP contribution in [0, 0.1) is 0 Å². The van der Waals surface area contributed by atoms with Gasteiger partial charge in [0.1, 0.15) is 6.33 Å². The lowest BCUT2D eigenvalue weighted by Gasteiger charge is -2.35. The summed E-state index contributed by atoms with van der Waals surface area (Å²) in [4.78, 5) is 31.7. The van der Waals surface area contributed by atoms with E-state index in [1.165, 1.54) is 0 Å². The van der Waals surface area contributed by atoms with Crippen molar-refractivity contribution in [1.82, 2.24) is 9.55 Å². The van der Waals surface area contributed by atoms with E-state index in [4.69, 9.17) is 14.5 Å². The van der Waals surface area contributed by atoms with Crippen molar-refractivity contribution in [1.29, 1.82) is 0 Å². The summed E-state index contributed by atoms with van der Waals surface area (Å²) < 4.78 is 12.3. The molecule has 32 heavy (non-hydrogen) atoms. The smallest absolute Gasteiger partial charge is 0.347 e. The quantitative estimate of drug-likeness (QED) is 0.251. The molecular weight excluding hydrogens is 406 g/mol. The van der Waals surface area contributed by atoms with Gasteiger partial charge in [-0.15, -0.1) is 0 Å². The van der Waals surface area contributed by atoms with Gasteiger partial charge >= 0.3 is 11.9 Å². The number of nitrogens with zero attached hydrogens (tertiary/aromatic N) is 3. The number of esters is 2. The molecule has 0 amide bonds. The van der Waals surface area contributed by atoms with Gasteiger partial charge in [-0.3, -0.25) is 4.57 Å². The lowest BCUT2D eigenvalue weighted by atomic mass is 9.95. The highest BCUT2D eigenvalue weighted by molar-refractivity contribution is 6.14. The normalized spacial score (nSPS) is 15.2. The van der Waals surface area contributed by atoms with Gasteiger partial charge in [-0.05, 0) is 57.9 Å². The van der Waals surface area contributed by atoms with E-state index in [0.29, 0.717) is 0 Å². The van der Waals surface area contributed by atoms with Crippen molar-refractivity contribution in [3.63, 3.8) is 0 Å². The van der Waals surface area contributed by atoms with E-state index in [9.17, 15) is 9.59 Å². The molecule has 166 valence electrons. The summed E-state index contributed by atoms with van der Waals surface area (Å²) in [6.07, 6.45) is 5.12. The Morgan fingerprint density at radius 2 is 1.75 bits per heavy atom. The molecule has 0 N–H and O–H groups in total. The average molecular weight is 434 g/mol. The van der Waals surface area contributed by atoms with Gasteiger partial charge in [0.25, 0.3) is 0 Å². The van der Waals surface area contributed by atoms with Gasteiger partial charge in [-0.25, -0.2) is 14.6 Å². The molecule has 7 heteroatoms. The lowest BCUT2D eigenvalue weighted by Crippen LogP contribution is -2.35. The summed E-state index contributed by atoms with van der Waals surface area (Å²) in [6, 6.07) is 14.2. The van der Waals surface area contributed by atoms with Gasteiger partial charge in [0, 0.05) is 29.2 Å². The molecule has 1 unspecified atom stereocenters. The molecule has 4 rings (SSSR count). The number of ether oxygens (including phenoxy) is 2. The molecule has 1 aliphatic heterocycles. The molecule has 0 fully saturated rings. The summed E-state index contributed by atoms with van der Waals surface area (Å²) >= 11 is 0. The summed E-state index contributed by atoms with van der Waals surface area (Å²) in [7, 11) is 0. The molecule has 3 aromatic rings. The number of rotatable bonds is 6. The number of para-hydroxylation sites is 1. The van der Waals surface area contributed by atoms with Crippen LogP contribution in [0.25, 0.3) is 16.7 Å². The van der Waals surface area contributed by atoms with E-state index in [1.54, 1.807) is 20.0 Å². The number of hydrogen-bond acceptors (Lipinski definition) is 6. The Hall–Kier alpha value is -3.61. The summed E-state index contributed by atoms with van der Waals surface area (Å²) in [5, 5.41) is 0. The SMILES string of the molecule is CCOC(=O)C(=CN1c2ccc3c(ncn3-c3ccccc3)c2CCC1C)C(=O)OCC. The zero-order chi connectivity index (χ0) is 22.7. The third-order valence-electron chi connectivity index (χ3n) is 5.66. The second kappa shape index (κ2) is 9.26. The monoisotopic (exact) mass is 433 g/mol. The first-order valence-corrected chi connectivity index (χ1v) is 10.9. The van der Waals surface area contributed by atoms with E-state index in [-0.39, 0.29) is 24.8 Å². The molecule has 2 heterocycles. The molecule has 1 aliphatic rings. The Bertz CT molecular complexity index is 1150. The Morgan fingerprint density at radius 3 is 2.41 bits per heavy atom. The molecule has 0 radical (unpaired) electrons. The van der Waals surface area contributed by atoms with E-state index in [1.807, 2.05) is 53.7 Å². The van der Waals surface area contributed by atoms with Crippen LogP contribution in [0.3, 0.4) is 0 Å². The Labute approximate surface area is 187 Å². The van der Waals surface area contributed by atoms with Crippen molar-refractivity contribution in [2.75, 3.05) is 18.1 Å². The molecule has 1 aromatic heterocycles. The zero-order valence-electron chi connectivity index (χ0n) is 18.6. The Balaban J connectivity index is 1.80. The highest BCUT2D eigenvalue weighted by Gasteiger charge is 2.29. The third-order valence-corrected chi connectivity index (χ3v) is 5.66. The highest BCUT2D eigenvalue weighted by atomic mass is 16.6. The van der Waals surface area contributed by atoms with E-state index < -0.39 is 11.9 Å². The van der Waals surface area contributed by atoms with Crippen molar-refractivity contribution >= 4 is 28.7 Å². The maximum absolute atomic E-state index is 12.5. The summed E-state index contributed by atoms with van der Waals surface area (Å²) in [6.45, 7) is 5.84. The van der Waals surface area contributed by atoms with E-state index >= 15 is 0 Å². The molecule has 0 aliphatic carbocycles. The summed E-state index contributed by atoms with van der Waals surface area (Å²) in [5.41, 5.74) is 4.90. The number of imidazole rings is 1. The first kappa shape index (κ1) is 21.6. The van der Waals surface area contributed by atoms with Crippen LogP contribution in [0.5, 0.6) is 0 Å². The number of fused-ring (bicyclic) bond motifs is 3. The van der Waals surface area contributed by atoms with Gasteiger partial charge in [0.15, 0.2) is 5.57 Å². The van der Waals surface area contributed by atoms with E-state index in [0.717, 1.165) is 40.8 Å². The molecule has 0 saturated heterocycles. The van der Waals surface area contributed by atoms with Crippen LogP contribution in [0.15, 0.2) is 60.6 Å². The van der Waals surface area contributed by atoms with Gasteiger partial charge < -0.3 is 14.4 Å². The predicted octanol–water partition coefficient (Wildman–Crippen LogP) is 4.18. The lowest BCUT2D eigenvalue weighted by molar-refractivity contribution is -0.146. The number of anilines is 1. The fourth-order valence-electron chi connectivity index (χ4n) is 4.08. The Morgan fingerprint density at radius 1 is 1.06 bits per heavy atom. The van der Waals surface area contributed by atoms with Crippen molar-refractivity contribution in [2.24, 2.45) is 0 Å². The van der Waals surface area contributed by atoms with Crippen molar-refractivity contribution in [3.05, 3.63) is 66.1 Å². The number of aromatic nitrogens is 2. The maximum Gasteiger partial charge on any atom is 0.347 e. The van der Waals surface area contributed by atoms with Gasteiger partial charge in [-0.1, -0.05) is 18.2 Å². The molecule has 0 spiro atoms. The molecule has 2 aromatic carbocycles. The average Bonchev–Trinajstić information content (AvgIpc) is 3.23. The second-order valence-corrected chi connectivity index (χ2v) is 7.66. The largest absolute Gasteiger partial charge is 0.462 e. The number of benzene rings is 2. The third kappa shape index (κ3) is 3.98. The van der Waals surface area contributed by atoms with Crippen LogP contribution in [0.2, 0.25) is 0 Å². The maximum atomic E-state index is 12.5. The first-order valence-electron chi connectivity index (χ1n) is 10.9. The van der Waals surface area contributed by atoms with E-state index in [2.05, 4.69) is 11.5 Å². The van der Waals surface area contributed by atoms with Crippen LogP contribution in [0.4, 0.5) is 5.69 Å². The molecule has 0 bridgehead atoms. The van der Waals surface area contributed by atoms with Gasteiger partial charge in [-0.2, -0.15) is 0 Å². The van der Waals surface area contributed by atoms with Gasteiger partial charge in [0.2, 0.25) is 0 Å². The highest BCUT2D eigenvalue weighted by Crippen LogP contribution is 2.36. The molecule has 7 nitrogen and oxygen atoms in total. The molecule has 1 atom stereocenters. The van der Waals surface area contributed by atoms with Crippen LogP contribution in [-0.4, -0.2) is 40.7 Å². The number of carbonyl (C=O) groups is 2. The minimum Gasteiger partial charge on any atom is -0.462 e. The minimum absolute atomic E-state index is 0.0926. The Kier molecular flexibility index (Phi) is 6.25. The number of carbonyl (C=O) groups excluding carboxylic acids is 2. The van der Waals surface area contributed by atoms with Crippen molar-refractivity contribution < 1.29 is 19.1 Å². The van der Waals surface area contributed by atoms with Crippen LogP contribution in [0.1, 0.15) is 32.8 Å². The molecule has 0 saturated carbocycles. The fourth-order valence-corrected chi connectivity index (χ4v) is 4.08. The van der Waals surface area contributed by atoms with Crippen molar-refractivity contribution in [3.8, 4) is 5.69 Å². The number of hydrogen-bond donors (Lipinski definition) is 0. The topological polar surface area (TPSA) is 73.7 Å².